The largest absolute Gasteiger partial charge is 0.472 e. The number of carbonyl (C=O) groups excluding carboxylic acids is 4. The fourth-order valence-electron chi connectivity index (χ4n) is 11.6. The summed E-state index contributed by atoms with van der Waals surface area (Å²) in [6.07, 6.45) is 52.9. The number of ether oxygens (including phenoxy) is 4. The molecule has 0 saturated heterocycles. The zero-order valence-electron chi connectivity index (χ0n) is 62.1. The van der Waals surface area contributed by atoms with Crippen molar-refractivity contribution in [2.75, 3.05) is 39.6 Å². The van der Waals surface area contributed by atoms with E-state index >= 15 is 0 Å². The van der Waals surface area contributed by atoms with E-state index in [2.05, 4.69) is 48.5 Å². The highest BCUT2D eigenvalue weighted by atomic mass is 31.2. The second kappa shape index (κ2) is 66.6. The Morgan fingerprint density at radius 3 is 0.716 bits per heavy atom. The van der Waals surface area contributed by atoms with Crippen molar-refractivity contribution >= 4 is 39.5 Å². The molecule has 0 spiro atoms. The van der Waals surface area contributed by atoms with Crippen LogP contribution in [0.2, 0.25) is 0 Å². The molecule has 0 rings (SSSR count). The van der Waals surface area contributed by atoms with Crippen LogP contribution in [0.25, 0.3) is 0 Å². The molecule has 17 nitrogen and oxygen atoms in total. The number of aliphatic hydroxyl groups is 1. The van der Waals surface area contributed by atoms with Crippen molar-refractivity contribution in [2.45, 2.75) is 407 Å². The normalized spacial score (nSPS) is 14.1. The van der Waals surface area contributed by atoms with Crippen LogP contribution in [-0.2, 0) is 65.4 Å². The van der Waals surface area contributed by atoms with Gasteiger partial charge in [0.15, 0.2) is 12.2 Å². The highest BCUT2D eigenvalue weighted by Crippen LogP contribution is 2.45. The fraction of sp³-hybridized carbons (Fsp3) is 0.947. The van der Waals surface area contributed by atoms with Gasteiger partial charge >= 0.3 is 39.5 Å². The molecule has 0 aromatic heterocycles. The Morgan fingerprint density at radius 1 is 0.284 bits per heavy atom. The number of aliphatic hydroxyl groups excluding tert-OH is 1. The average molecular weight is 1400 g/mol. The van der Waals surface area contributed by atoms with Crippen molar-refractivity contribution < 1.29 is 80.2 Å². The van der Waals surface area contributed by atoms with Crippen LogP contribution in [-0.4, -0.2) is 96.7 Å². The first-order valence-corrected chi connectivity index (χ1v) is 42.3. The van der Waals surface area contributed by atoms with E-state index in [-0.39, 0.29) is 25.7 Å². The molecule has 2 unspecified atom stereocenters. The van der Waals surface area contributed by atoms with Crippen LogP contribution in [0.15, 0.2) is 0 Å². The maximum Gasteiger partial charge on any atom is 0.472 e. The predicted octanol–water partition coefficient (Wildman–Crippen LogP) is 22.2. The van der Waals surface area contributed by atoms with Gasteiger partial charge in [-0.3, -0.25) is 37.3 Å². The van der Waals surface area contributed by atoms with Crippen molar-refractivity contribution in [3.05, 3.63) is 0 Å². The number of carbonyl (C=O) groups is 4. The molecule has 0 fully saturated rings. The van der Waals surface area contributed by atoms with Gasteiger partial charge in [0.25, 0.3) is 0 Å². The van der Waals surface area contributed by atoms with Gasteiger partial charge in [-0.1, -0.05) is 337 Å². The summed E-state index contributed by atoms with van der Waals surface area (Å²) in [6.45, 7) is 11.8. The van der Waals surface area contributed by atoms with Crippen LogP contribution in [0.5, 0.6) is 0 Å². The van der Waals surface area contributed by atoms with Crippen LogP contribution < -0.4 is 0 Å². The van der Waals surface area contributed by atoms with Gasteiger partial charge in [0.05, 0.1) is 26.4 Å². The molecule has 0 radical (unpaired) electrons. The number of hydrogen-bond donors (Lipinski definition) is 3. The maximum atomic E-state index is 13.1. The first kappa shape index (κ1) is 93.1. The van der Waals surface area contributed by atoms with E-state index in [1.807, 2.05) is 0 Å². The number of phosphoric acid groups is 2. The smallest absolute Gasteiger partial charge is 0.462 e. The van der Waals surface area contributed by atoms with Crippen LogP contribution in [0.3, 0.4) is 0 Å². The molecule has 0 aromatic rings. The molecule has 0 bridgehead atoms. The van der Waals surface area contributed by atoms with E-state index in [1.54, 1.807) is 0 Å². The van der Waals surface area contributed by atoms with Gasteiger partial charge in [-0.05, 0) is 43.4 Å². The number of esters is 4. The molecule has 0 heterocycles. The Kier molecular flexibility index (Phi) is 65.2. The number of unbranched alkanes of at least 4 members (excludes halogenated alkanes) is 42. The van der Waals surface area contributed by atoms with Gasteiger partial charge in [0.2, 0.25) is 0 Å². The molecule has 3 N–H and O–H groups in total. The number of rotatable bonds is 74. The molecular weight excluding hydrogens is 1250 g/mol. The number of hydrogen-bond acceptors (Lipinski definition) is 15. The summed E-state index contributed by atoms with van der Waals surface area (Å²) in [5.74, 6) is 0.0843. The van der Waals surface area contributed by atoms with Gasteiger partial charge in [-0.15, -0.1) is 0 Å². The minimum Gasteiger partial charge on any atom is -0.462 e. The van der Waals surface area contributed by atoms with Crippen molar-refractivity contribution in [1.29, 1.82) is 0 Å². The lowest BCUT2D eigenvalue weighted by Gasteiger charge is -2.21. The van der Waals surface area contributed by atoms with Crippen molar-refractivity contribution in [2.24, 2.45) is 17.8 Å². The minimum absolute atomic E-state index is 0.104. The molecule has 0 aliphatic rings. The van der Waals surface area contributed by atoms with E-state index in [9.17, 15) is 43.2 Å². The quantitative estimate of drug-likeness (QED) is 0.0222. The second-order valence-electron chi connectivity index (χ2n) is 28.8. The lowest BCUT2D eigenvalue weighted by atomic mass is 10.0. The van der Waals surface area contributed by atoms with E-state index in [0.717, 1.165) is 108 Å². The minimum atomic E-state index is -4.96. The Bertz CT molecular complexity index is 1850. The summed E-state index contributed by atoms with van der Waals surface area (Å²) < 4.78 is 68.5. The van der Waals surface area contributed by atoms with Crippen LogP contribution in [0.4, 0.5) is 0 Å². The molecule has 0 aromatic carbocycles. The van der Waals surface area contributed by atoms with Gasteiger partial charge < -0.3 is 33.8 Å². The summed E-state index contributed by atoms with van der Waals surface area (Å²) in [4.78, 5) is 72.8. The molecule has 0 aliphatic carbocycles. The fourth-order valence-corrected chi connectivity index (χ4v) is 13.2. The third-order valence-electron chi connectivity index (χ3n) is 17.6. The summed E-state index contributed by atoms with van der Waals surface area (Å²) in [5.41, 5.74) is 0. The Morgan fingerprint density at radius 2 is 0.484 bits per heavy atom. The summed E-state index contributed by atoms with van der Waals surface area (Å²) in [7, 11) is -9.91. The molecule has 564 valence electrons. The van der Waals surface area contributed by atoms with Crippen LogP contribution in [0, 0.1) is 17.8 Å². The molecule has 0 aliphatic heterocycles. The molecule has 0 amide bonds. The van der Waals surface area contributed by atoms with Crippen LogP contribution >= 0.6 is 15.6 Å². The molecule has 19 heteroatoms. The van der Waals surface area contributed by atoms with E-state index < -0.39 is 97.5 Å². The van der Waals surface area contributed by atoms with Crippen molar-refractivity contribution in [3.63, 3.8) is 0 Å². The zero-order chi connectivity index (χ0) is 70.1. The summed E-state index contributed by atoms with van der Waals surface area (Å²) in [5, 5.41) is 10.6. The van der Waals surface area contributed by atoms with E-state index in [1.165, 1.54) is 193 Å². The monoisotopic (exact) mass is 1400 g/mol. The average Bonchev–Trinajstić information content (AvgIpc) is 1.58. The Hall–Kier alpha value is -1.94. The van der Waals surface area contributed by atoms with Crippen LogP contribution in [0.1, 0.15) is 389 Å². The predicted molar refractivity (Wildman–Crippen MR) is 386 cm³/mol. The second-order valence-corrected chi connectivity index (χ2v) is 31.7. The third kappa shape index (κ3) is 70.3. The highest BCUT2D eigenvalue weighted by molar-refractivity contribution is 7.47. The first-order valence-electron chi connectivity index (χ1n) is 39.3. The number of phosphoric ester groups is 2. The molecular formula is C76H148O17P2. The topological polar surface area (TPSA) is 237 Å². The molecule has 5 atom stereocenters. The third-order valence-corrected chi connectivity index (χ3v) is 19.5. The Labute approximate surface area is 581 Å². The maximum absolute atomic E-state index is 13.1. The van der Waals surface area contributed by atoms with Crippen molar-refractivity contribution in [3.8, 4) is 0 Å². The van der Waals surface area contributed by atoms with E-state index in [4.69, 9.17) is 37.0 Å². The molecule has 95 heavy (non-hydrogen) atoms. The van der Waals surface area contributed by atoms with Gasteiger partial charge in [0, 0.05) is 25.7 Å². The van der Waals surface area contributed by atoms with Gasteiger partial charge in [-0.2, -0.15) is 0 Å². The molecule has 0 saturated carbocycles. The Balaban J connectivity index is 5.23. The summed E-state index contributed by atoms with van der Waals surface area (Å²) >= 11 is 0. The standard InChI is InChI=1S/C76H148O17P2/c1-8-9-10-11-12-13-14-15-16-17-18-19-20-21-26-29-37-45-52-59-75(80)92-71(63-86-73(78)57-50-43-36-28-25-23-22-24-27-33-40-47-54-67(2)3)65-90-94(82,83)88-61-70(77)62-89-95(84,85)91-66-72(64-87-74(79)58-51-44-39-32-35-42-49-56-69(6)7)93-76(81)60-53-46-38-31-30-34-41-48-55-68(4)5/h67-72,77H,8-66H2,1-7H3,(H,82,83)(H,84,85)/t70-,71-,72-/m1/s1. The van der Waals surface area contributed by atoms with E-state index in [0.29, 0.717) is 31.6 Å². The van der Waals surface area contributed by atoms with Gasteiger partial charge in [0.1, 0.15) is 19.3 Å². The lowest BCUT2D eigenvalue weighted by Crippen LogP contribution is -2.30. The van der Waals surface area contributed by atoms with Crippen molar-refractivity contribution in [1.82, 2.24) is 0 Å². The summed E-state index contributed by atoms with van der Waals surface area (Å²) in [6, 6.07) is 0. The SMILES string of the molecule is CCCCCCCCCCCCCCCCCCCCCC(=O)O[C@H](COC(=O)CCCCCCCCCCCCCCC(C)C)COP(=O)(O)OC[C@@H](O)COP(=O)(O)OC[C@@H](COC(=O)CCCCCCCCCC(C)C)OC(=O)CCCCCCCCCCC(C)C. The first-order chi connectivity index (χ1) is 45.7. The lowest BCUT2D eigenvalue weighted by molar-refractivity contribution is -0.161. The zero-order valence-corrected chi connectivity index (χ0v) is 63.9. The van der Waals surface area contributed by atoms with Gasteiger partial charge in [-0.25, -0.2) is 9.13 Å². The highest BCUT2D eigenvalue weighted by Gasteiger charge is 2.30.